The zero-order valence-corrected chi connectivity index (χ0v) is 14.2. The molecule has 0 spiro atoms. The number of methoxy groups -OCH3 is 1. The summed E-state index contributed by atoms with van der Waals surface area (Å²) in [5.41, 5.74) is 1.18. The molecule has 0 unspecified atom stereocenters. The number of hydrogen-bond donors (Lipinski definition) is 3. The van der Waals surface area contributed by atoms with Crippen LogP contribution in [-0.2, 0) is 6.42 Å². The number of amides is 2. The Morgan fingerprint density at radius 3 is 2.58 bits per heavy atom. The second kappa shape index (κ2) is 8.71. The highest BCUT2D eigenvalue weighted by Crippen LogP contribution is 2.13. The van der Waals surface area contributed by atoms with E-state index in [4.69, 9.17) is 4.74 Å². The smallest absolute Gasteiger partial charge is 0.320 e. The third-order valence-corrected chi connectivity index (χ3v) is 3.18. The van der Waals surface area contributed by atoms with E-state index in [1.807, 2.05) is 32.0 Å². The largest absolute Gasteiger partial charge is 0.497 e. The predicted molar refractivity (Wildman–Crippen MR) is 94.5 cm³/mol. The van der Waals surface area contributed by atoms with Gasteiger partial charge in [0.05, 0.1) is 7.11 Å². The summed E-state index contributed by atoms with van der Waals surface area (Å²) in [7, 11) is 1.66. The molecule has 0 aliphatic heterocycles. The Kier molecular flexibility index (Phi) is 6.36. The Balaban J connectivity index is 1.80. The monoisotopic (exact) mass is 329 g/mol. The molecule has 24 heavy (non-hydrogen) atoms. The molecule has 0 radical (unpaired) electrons. The van der Waals surface area contributed by atoms with Gasteiger partial charge in [-0.05, 0) is 50.1 Å². The summed E-state index contributed by atoms with van der Waals surface area (Å²) >= 11 is 0. The van der Waals surface area contributed by atoms with E-state index in [9.17, 15) is 4.79 Å². The van der Waals surface area contributed by atoms with E-state index >= 15 is 0 Å². The maximum absolute atomic E-state index is 11.6. The summed E-state index contributed by atoms with van der Waals surface area (Å²) in [4.78, 5) is 11.6. The maximum Gasteiger partial charge on any atom is 0.320 e. The number of ether oxygens (including phenoxy) is 1. The zero-order chi connectivity index (χ0) is 17.4. The van der Waals surface area contributed by atoms with Crippen molar-refractivity contribution in [1.82, 2.24) is 15.5 Å². The highest BCUT2D eigenvalue weighted by atomic mass is 16.5. The normalized spacial score (nSPS) is 10.3. The van der Waals surface area contributed by atoms with Crippen LogP contribution >= 0.6 is 0 Å². The van der Waals surface area contributed by atoms with Gasteiger partial charge in [-0.2, -0.15) is 0 Å². The van der Waals surface area contributed by atoms with Gasteiger partial charge in [0.15, 0.2) is 5.82 Å². The van der Waals surface area contributed by atoms with E-state index in [2.05, 4.69) is 32.2 Å². The van der Waals surface area contributed by atoms with Crippen molar-refractivity contribution in [2.75, 3.05) is 24.3 Å². The lowest BCUT2D eigenvalue weighted by Gasteiger charge is -2.10. The van der Waals surface area contributed by atoms with Crippen LogP contribution in [0.25, 0.3) is 0 Å². The number of urea groups is 1. The number of aromatic nitrogens is 2. The molecule has 0 saturated heterocycles. The number of benzene rings is 1. The first-order chi connectivity index (χ1) is 11.6. The lowest BCUT2D eigenvalue weighted by molar-refractivity contribution is 0.250. The number of carbonyl (C=O) groups excluding carboxylic acids is 1. The van der Waals surface area contributed by atoms with Crippen LogP contribution in [0, 0.1) is 0 Å². The minimum absolute atomic E-state index is 0.0653. The Labute approximate surface area is 141 Å². The highest BCUT2D eigenvalue weighted by Gasteiger charge is 2.05. The minimum Gasteiger partial charge on any atom is -0.497 e. The van der Waals surface area contributed by atoms with Gasteiger partial charge in [0.25, 0.3) is 0 Å². The zero-order valence-electron chi connectivity index (χ0n) is 14.2. The predicted octanol–water partition coefficient (Wildman–Crippen LogP) is 2.67. The summed E-state index contributed by atoms with van der Waals surface area (Å²) < 4.78 is 5.21. The van der Waals surface area contributed by atoms with Gasteiger partial charge in [-0.25, -0.2) is 4.79 Å². The summed E-state index contributed by atoms with van der Waals surface area (Å²) in [5, 5.41) is 16.6. The van der Waals surface area contributed by atoms with Crippen LogP contribution in [0.2, 0.25) is 0 Å². The van der Waals surface area contributed by atoms with Crippen molar-refractivity contribution in [2.24, 2.45) is 0 Å². The SMILES string of the molecule is COc1cccc(CCNc2ccc(NC(=O)NC(C)C)nn2)c1. The number of rotatable bonds is 7. The van der Waals surface area contributed by atoms with Crippen LogP contribution in [0.15, 0.2) is 36.4 Å². The topological polar surface area (TPSA) is 88.2 Å². The first kappa shape index (κ1) is 17.5. The van der Waals surface area contributed by atoms with Gasteiger partial charge in [0, 0.05) is 12.6 Å². The molecule has 0 saturated carbocycles. The lowest BCUT2D eigenvalue weighted by Crippen LogP contribution is -2.34. The Bertz CT molecular complexity index is 658. The Morgan fingerprint density at radius 1 is 1.17 bits per heavy atom. The third kappa shape index (κ3) is 5.75. The molecule has 0 aliphatic rings. The number of carbonyl (C=O) groups is 1. The first-order valence-electron chi connectivity index (χ1n) is 7.85. The first-order valence-corrected chi connectivity index (χ1v) is 7.85. The van der Waals surface area contributed by atoms with Crippen molar-refractivity contribution in [3.05, 3.63) is 42.0 Å². The average molecular weight is 329 g/mol. The van der Waals surface area contributed by atoms with Crippen LogP contribution in [0.1, 0.15) is 19.4 Å². The van der Waals surface area contributed by atoms with Crippen LogP contribution in [-0.4, -0.2) is 35.9 Å². The molecular weight excluding hydrogens is 306 g/mol. The van der Waals surface area contributed by atoms with Crippen molar-refractivity contribution >= 4 is 17.7 Å². The fourth-order valence-electron chi connectivity index (χ4n) is 2.07. The molecule has 1 heterocycles. The lowest BCUT2D eigenvalue weighted by atomic mass is 10.1. The minimum atomic E-state index is -0.293. The van der Waals surface area contributed by atoms with Crippen molar-refractivity contribution in [3.8, 4) is 5.75 Å². The molecule has 2 amide bonds. The van der Waals surface area contributed by atoms with Crippen LogP contribution in [0.4, 0.5) is 16.4 Å². The van der Waals surface area contributed by atoms with Gasteiger partial charge in [0.1, 0.15) is 11.6 Å². The molecular formula is C17H23N5O2. The fraction of sp³-hybridized carbons (Fsp3) is 0.353. The van der Waals surface area contributed by atoms with Crippen molar-refractivity contribution in [1.29, 1.82) is 0 Å². The molecule has 1 aromatic carbocycles. The van der Waals surface area contributed by atoms with E-state index in [1.54, 1.807) is 19.2 Å². The summed E-state index contributed by atoms with van der Waals surface area (Å²) in [6, 6.07) is 11.2. The quantitative estimate of drug-likeness (QED) is 0.727. The number of nitrogens with zero attached hydrogens (tertiary/aromatic N) is 2. The third-order valence-electron chi connectivity index (χ3n) is 3.18. The molecule has 7 nitrogen and oxygen atoms in total. The molecule has 1 aromatic heterocycles. The number of nitrogens with one attached hydrogen (secondary N) is 3. The van der Waals surface area contributed by atoms with Crippen LogP contribution in [0.5, 0.6) is 5.75 Å². The van der Waals surface area contributed by atoms with E-state index in [1.165, 1.54) is 5.56 Å². The molecule has 2 rings (SSSR count). The number of hydrogen-bond acceptors (Lipinski definition) is 5. The van der Waals surface area contributed by atoms with Crippen molar-refractivity contribution in [3.63, 3.8) is 0 Å². The van der Waals surface area contributed by atoms with Crippen molar-refractivity contribution in [2.45, 2.75) is 26.3 Å². The van der Waals surface area contributed by atoms with Gasteiger partial charge >= 0.3 is 6.03 Å². The van der Waals surface area contributed by atoms with Crippen LogP contribution in [0.3, 0.4) is 0 Å². The molecule has 0 bridgehead atoms. The molecule has 0 atom stereocenters. The van der Waals surface area contributed by atoms with Gasteiger partial charge in [-0.15, -0.1) is 10.2 Å². The molecule has 128 valence electrons. The molecule has 3 N–H and O–H groups in total. The van der Waals surface area contributed by atoms with Gasteiger partial charge < -0.3 is 15.4 Å². The second-order valence-electron chi connectivity index (χ2n) is 5.59. The molecule has 0 aliphatic carbocycles. The van der Waals surface area contributed by atoms with Gasteiger partial charge in [0.2, 0.25) is 0 Å². The highest BCUT2D eigenvalue weighted by molar-refractivity contribution is 5.88. The summed E-state index contributed by atoms with van der Waals surface area (Å²) in [6.45, 7) is 4.50. The van der Waals surface area contributed by atoms with Crippen LogP contribution < -0.4 is 20.7 Å². The molecule has 0 fully saturated rings. The van der Waals surface area contributed by atoms with E-state index in [-0.39, 0.29) is 12.1 Å². The average Bonchev–Trinajstić information content (AvgIpc) is 2.56. The second-order valence-corrected chi connectivity index (χ2v) is 5.59. The van der Waals surface area contributed by atoms with Gasteiger partial charge in [-0.1, -0.05) is 12.1 Å². The Morgan fingerprint density at radius 2 is 1.92 bits per heavy atom. The van der Waals surface area contributed by atoms with E-state index < -0.39 is 0 Å². The van der Waals surface area contributed by atoms with E-state index in [0.717, 1.165) is 18.7 Å². The Hall–Kier alpha value is -2.83. The summed E-state index contributed by atoms with van der Waals surface area (Å²) in [5.74, 6) is 1.92. The van der Waals surface area contributed by atoms with Crippen molar-refractivity contribution < 1.29 is 9.53 Å². The van der Waals surface area contributed by atoms with Gasteiger partial charge in [-0.3, -0.25) is 5.32 Å². The molecule has 2 aromatic rings. The number of anilines is 2. The standard InChI is InChI=1S/C17H23N5O2/c1-12(2)19-17(23)20-16-8-7-15(21-22-16)18-10-9-13-5-4-6-14(11-13)24-3/h4-8,11-12H,9-10H2,1-3H3,(H,18,21)(H2,19,20,22,23). The summed E-state index contributed by atoms with van der Waals surface area (Å²) in [6.07, 6.45) is 0.843. The fourth-order valence-corrected chi connectivity index (χ4v) is 2.07. The maximum atomic E-state index is 11.6. The van der Waals surface area contributed by atoms with E-state index in [0.29, 0.717) is 11.6 Å². The molecule has 7 heteroatoms.